The second-order valence-corrected chi connectivity index (χ2v) is 6.14. The molecule has 30 heavy (non-hydrogen) atoms. The molecule has 2 aromatic heterocycles. The van der Waals surface area contributed by atoms with Crippen molar-refractivity contribution >= 4 is 11.6 Å². The molecule has 0 atom stereocenters. The van der Waals surface area contributed by atoms with Crippen LogP contribution in [0.25, 0.3) is 0 Å². The number of carbonyl (C=O) groups is 1. The van der Waals surface area contributed by atoms with Gasteiger partial charge in [0.15, 0.2) is 11.6 Å². The number of anilines is 1. The number of hydrogen-bond acceptors (Lipinski definition) is 4. The highest BCUT2D eigenvalue weighted by Gasteiger charge is 2.32. The Kier molecular flexibility index (Phi) is 5.81. The number of aromatic nitrogens is 2. The lowest BCUT2D eigenvalue weighted by Gasteiger charge is -2.11. The molecule has 2 N–H and O–H groups in total. The first-order valence-electron chi connectivity index (χ1n) is 8.37. The third-order valence-corrected chi connectivity index (χ3v) is 3.95. The molecule has 3 aromatic rings. The summed E-state index contributed by atoms with van der Waals surface area (Å²) in [6, 6.07) is 7.26. The molecule has 0 fully saturated rings. The molecule has 3 rings (SSSR count). The van der Waals surface area contributed by atoms with Crippen molar-refractivity contribution in [1.29, 1.82) is 0 Å². The maximum absolute atomic E-state index is 13.2. The number of rotatable bonds is 5. The summed E-state index contributed by atoms with van der Waals surface area (Å²) in [6.07, 6.45) is -2.37. The highest BCUT2D eigenvalue weighted by molar-refractivity contribution is 5.94. The first-order valence-corrected chi connectivity index (χ1v) is 8.37. The van der Waals surface area contributed by atoms with Crippen LogP contribution in [0.4, 0.5) is 27.6 Å². The molecule has 0 radical (unpaired) electrons. The smallest absolute Gasteiger partial charge is 0.310 e. The van der Waals surface area contributed by atoms with Crippen LogP contribution in [0.2, 0.25) is 0 Å². The van der Waals surface area contributed by atoms with Crippen molar-refractivity contribution in [3.63, 3.8) is 0 Å². The summed E-state index contributed by atoms with van der Waals surface area (Å²) < 4.78 is 65.0. The third-order valence-electron chi connectivity index (χ3n) is 3.95. The zero-order chi connectivity index (χ0) is 21.9. The van der Waals surface area contributed by atoms with Crippen LogP contribution in [-0.2, 0) is 12.7 Å². The van der Waals surface area contributed by atoms with Gasteiger partial charge in [-0.3, -0.25) is 25.4 Å². The van der Waals surface area contributed by atoms with E-state index < -0.39 is 35.0 Å². The molecule has 0 spiro atoms. The molecular formula is C19H13F5N4O2. The number of benzene rings is 1. The number of pyridine rings is 2. The van der Waals surface area contributed by atoms with Crippen molar-refractivity contribution in [2.75, 3.05) is 5.43 Å². The van der Waals surface area contributed by atoms with E-state index in [0.29, 0.717) is 5.56 Å². The van der Waals surface area contributed by atoms with E-state index in [1.807, 2.05) is 0 Å². The third kappa shape index (κ3) is 4.99. The molecule has 11 heteroatoms. The average molecular weight is 424 g/mol. The van der Waals surface area contributed by atoms with Gasteiger partial charge < -0.3 is 4.57 Å². The molecule has 0 aliphatic carbocycles. The number of carbonyl (C=O) groups excluding carboxylic acids is 1. The SMILES string of the molecule is O=C(NNc1ccc(F)c(F)c1)c1ccc(=O)n(Cc2ccc(C(F)(F)F)nc2)c1. The summed E-state index contributed by atoms with van der Waals surface area (Å²) in [5, 5.41) is 0. The van der Waals surface area contributed by atoms with Gasteiger partial charge in [-0.15, -0.1) is 0 Å². The highest BCUT2D eigenvalue weighted by atomic mass is 19.4. The van der Waals surface area contributed by atoms with E-state index in [2.05, 4.69) is 15.8 Å². The molecule has 0 aliphatic heterocycles. The Morgan fingerprint density at radius 1 is 1.03 bits per heavy atom. The largest absolute Gasteiger partial charge is 0.433 e. The zero-order valence-corrected chi connectivity index (χ0v) is 15.0. The molecule has 2 heterocycles. The molecule has 1 amide bonds. The van der Waals surface area contributed by atoms with Crippen LogP contribution in [-0.4, -0.2) is 15.5 Å². The minimum atomic E-state index is -4.58. The summed E-state index contributed by atoms with van der Waals surface area (Å²) in [7, 11) is 0. The lowest BCUT2D eigenvalue weighted by atomic mass is 10.2. The summed E-state index contributed by atoms with van der Waals surface area (Å²) in [5.41, 5.74) is 3.58. The highest BCUT2D eigenvalue weighted by Crippen LogP contribution is 2.27. The van der Waals surface area contributed by atoms with Gasteiger partial charge in [0.25, 0.3) is 11.5 Å². The second-order valence-electron chi connectivity index (χ2n) is 6.14. The van der Waals surface area contributed by atoms with Gasteiger partial charge in [-0.2, -0.15) is 13.2 Å². The van der Waals surface area contributed by atoms with E-state index in [4.69, 9.17) is 0 Å². The lowest BCUT2D eigenvalue weighted by molar-refractivity contribution is -0.141. The van der Waals surface area contributed by atoms with Crippen molar-refractivity contribution in [1.82, 2.24) is 15.0 Å². The van der Waals surface area contributed by atoms with Crippen molar-refractivity contribution in [2.45, 2.75) is 12.7 Å². The number of hydrogen-bond donors (Lipinski definition) is 2. The van der Waals surface area contributed by atoms with Crippen LogP contribution in [0.3, 0.4) is 0 Å². The average Bonchev–Trinajstić information content (AvgIpc) is 2.70. The van der Waals surface area contributed by atoms with Crippen LogP contribution < -0.4 is 16.4 Å². The van der Waals surface area contributed by atoms with Gasteiger partial charge in [0.1, 0.15) is 5.69 Å². The molecule has 0 saturated carbocycles. The Morgan fingerprint density at radius 2 is 1.80 bits per heavy atom. The predicted molar refractivity (Wildman–Crippen MR) is 96.5 cm³/mol. The van der Waals surface area contributed by atoms with Crippen molar-refractivity contribution < 1.29 is 26.7 Å². The topological polar surface area (TPSA) is 76.0 Å². The predicted octanol–water partition coefficient (Wildman–Crippen LogP) is 3.35. The lowest BCUT2D eigenvalue weighted by Crippen LogP contribution is -2.31. The van der Waals surface area contributed by atoms with Crippen LogP contribution in [0.15, 0.2) is 59.7 Å². The first-order chi connectivity index (χ1) is 14.1. The maximum atomic E-state index is 13.2. The Morgan fingerprint density at radius 3 is 2.43 bits per heavy atom. The van der Waals surface area contributed by atoms with Crippen LogP contribution in [0.5, 0.6) is 0 Å². The number of amides is 1. The molecule has 1 aromatic carbocycles. The van der Waals surface area contributed by atoms with Crippen LogP contribution in [0.1, 0.15) is 21.6 Å². The fourth-order valence-corrected chi connectivity index (χ4v) is 2.45. The van der Waals surface area contributed by atoms with Gasteiger partial charge in [0.05, 0.1) is 17.8 Å². The monoisotopic (exact) mass is 424 g/mol. The van der Waals surface area contributed by atoms with E-state index in [0.717, 1.165) is 35.0 Å². The number of nitrogens with zero attached hydrogens (tertiary/aromatic N) is 2. The summed E-state index contributed by atoms with van der Waals surface area (Å²) >= 11 is 0. The zero-order valence-electron chi connectivity index (χ0n) is 15.0. The van der Waals surface area contributed by atoms with E-state index >= 15 is 0 Å². The molecule has 156 valence electrons. The number of halogens is 5. The van der Waals surface area contributed by atoms with Gasteiger partial charge in [-0.25, -0.2) is 8.78 Å². The molecule has 0 saturated heterocycles. The minimum absolute atomic E-state index is 0.0459. The number of hydrazine groups is 1. The fraction of sp³-hybridized carbons (Fsp3) is 0.105. The normalized spacial score (nSPS) is 11.2. The van der Waals surface area contributed by atoms with Crippen molar-refractivity contribution in [2.24, 2.45) is 0 Å². The van der Waals surface area contributed by atoms with E-state index in [1.165, 1.54) is 24.4 Å². The fourth-order valence-electron chi connectivity index (χ4n) is 2.45. The Hall–Kier alpha value is -3.76. The number of nitrogens with one attached hydrogen (secondary N) is 2. The summed E-state index contributed by atoms with van der Waals surface area (Å²) in [5.74, 6) is -2.83. The van der Waals surface area contributed by atoms with Gasteiger partial charge in [0, 0.05) is 24.5 Å². The number of alkyl halides is 3. The van der Waals surface area contributed by atoms with Crippen LogP contribution >= 0.6 is 0 Å². The van der Waals surface area contributed by atoms with E-state index in [9.17, 15) is 31.5 Å². The quantitative estimate of drug-likeness (QED) is 0.487. The summed E-state index contributed by atoms with van der Waals surface area (Å²) in [4.78, 5) is 27.6. The Bertz CT molecular complexity index is 1130. The minimum Gasteiger partial charge on any atom is -0.310 e. The molecule has 0 unspecified atom stereocenters. The molecule has 0 bridgehead atoms. The van der Waals surface area contributed by atoms with E-state index in [-0.39, 0.29) is 17.8 Å². The van der Waals surface area contributed by atoms with Gasteiger partial charge in [-0.1, -0.05) is 6.07 Å². The Balaban J connectivity index is 1.71. The van der Waals surface area contributed by atoms with Gasteiger partial charge in [-0.05, 0) is 29.8 Å². The van der Waals surface area contributed by atoms with Crippen molar-refractivity contribution in [3.05, 3.63) is 93.7 Å². The standard InChI is InChI=1S/C19H13F5N4O2/c20-14-4-3-13(7-15(14)21)26-27-18(30)12-2-6-17(29)28(10-12)9-11-1-5-16(25-8-11)19(22,23)24/h1-8,10,26H,9H2,(H,27,30). The molecule has 0 aliphatic rings. The van der Waals surface area contributed by atoms with E-state index in [1.54, 1.807) is 0 Å². The van der Waals surface area contributed by atoms with Crippen LogP contribution in [0, 0.1) is 11.6 Å². The molecule has 6 nitrogen and oxygen atoms in total. The van der Waals surface area contributed by atoms with Gasteiger partial charge in [0.2, 0.25) is 0 Å². The molecular weight excluding hydrogens is 411 g/mol. The summed E-state index contributed by atoms with van der Waals surface area (Å²) in [6.45, 7) is -0.109. The first kappa shape index (κ1) is 21.0. The van der Waals surface area contributed by atoms with Crippen molar-refractivity contribution in [3.8, 4) is 0 Å². The van der Waals surface area contributed by atoms with Gasteiger partial charge >= 0.3 is 6.18 Å². The maximum Gasteiger partial charge on any atom is 0.433 e. The Labute approximate surface area is 166 Å². The second kappa shape index (κ2) is 8.31.